The van der Waals surface area contributed by atoms with Crippen molar-refractivity contribution < 1.29 is 0 Å². The highest BCUT2D eigenvalue weighted by atomic mass is 32.1. The van der Waals surface area contributed by atoms with Crippen LogP contribution in [0.3, 0.4) is 0 Å². The highest BCUT2D eigenvalue weighted by Gasteiger charge is 0.689. The van der Waals surface area contributed by atoms with Gasteiger partial charge in [-0.2, -0.15) is 27.0 Å². The molecule has 0 aromatic heterocycles. The minimum Gasteiger partial charge on any atom is -0.373 e. The van der Waals surface area contributed by atoms with Crippen LogP contribution in [0.15, 0.2) is 0 Å². The molecule has 0 aliphatic heterocycles. The lowest BCUT2D eigenvalue weighted by atomic mass is 13.0. The van der Waals surface area contributed by atoms with Crippen molar-refractivity contribution in [3.8, 4) is 0 Å². The second-order valence-electron chi connectivity index (χ2n) is 0.0894. The summed E-state index contributed by atoms with van der Waals surface area (Å²) in [4.78, 5) is 1.50. The molecule has 0 saturated heterocycles. The van der Waals surface area contributed by atoms with E-state index in [2.05, 4.69) is 0 Å². The maximum atomic E-state index is 6.75. The Labute approximate surface area is 43.7 Å². The monoisotopic (exact) mass is 110 g/mol. The number of rotatable bonds is 0. The van der Waals surface area contributed by atoms with Gasteiger partial charge in [-0.1, -0.05) is 0 Å². The van der Waals surface area contributed by atoms with Crippen LogP contribution in [0.25, 0.3) is 16.0 Å². The van der Waals surface area contributed by atoms with E-state index in [1.807, 2.05) is 0 Å². The first-order valence-corrected chi connectivity index (χ1v) is 0.400. The van der Waals surface area contributed by atoms with Crippen LogP contribution >= 0.6 is 27.0 Å². The van der Waals surface area contributed by atoms with Crippen molar-refractivity contribution in [2.24, 2.45) is 0 Å². The van der Waals surface area contributed by atoms with Gasteiger partial charge in [-0.3, -0.25) is 4.91 Å². The lowest BCUT2D eigenvalue weighted by Gasteiger charge is -1.31. The topological polar surface area (TPSA) is 58.7 Å². The third kappa shape index (κ3) is 162000. The molecule has 5 heavy (non-hydrogen) atoms. The summed E-state index contributed by atoms with van der Waals surface area (Å²) in [6.07, 6.45) is 0. The molecule has 0 saturated carbocycles. The molecule has 3 nitrogen and oxygen atoms in total. The van der Waals surface area contributed by atoms with Crippen LogP contribution in [0.1, 0.15) is 0 Å². The largest absolute Gasteiger partial charge is 0.373 e. The van der Waals surface area contributed by atoms with Crippen molar-refractivity contribution in [2.45, 2.75) is 0 Å². The Hall–Kier alpha value is 0.01000. The van der Waals surface area contributed by atoms with Crippen LogP contribution in [-0.4, -0.2) is 0 Å². The Morgan fingerprint density at radius 1 is 1.00 bits per heavy atom. The number of hydrogen-bond acceptors (Lipinski definition) is 0. The summed E-state index contributed by atoms with van der Waals surface area (Å²) in [5, 5.41) is 0. The van der Waals surface area contributed by atoms with Gasteiger partial charge in [0.1, 0.15) is 0 Å². The second kappa shape index (κ2) is 35.6. The molecule has 0 atom stereocenters. The normalized spacial score (nSPS) is 1.60. The van der Waals surface area contributed by atoms with E-state index in [9.17, 15) is 0 Å². The molecule has 0 fully saturated rings. The molecule has 0 heterocycles. The molecule has 0 radical (unpaired) electrons. The minimum atomic E-state index is 0. The molecule has 0 bridgehead atoms. The quantitative estimate of drug-likeness (QED) is 0.254. The fraction of sp³-hybridized carbons (Fsp3) is 0. The third-order valence-corrected chi connectivity index (χ3v) is 0. The molecule has 32 valence electrons. The van der Waals surface area contributed by atoms with E-state index in [1.165, 1.54) is 4.91 Å². The van der Waals surface area contributed by atoms with E-state index in [4.69, 9.17) is 11.1 Å². The molecule has 0 N–H and O–H groups in total. The van der Waals surface area contributed by atoms with Gasteiger partial charge >= 0.3 is 0 Å². The SMILES string of the molecule is S.S.[N-]=[N+]=[N-]. The zero-order valence-corrected chi connectivity index (χ0v) is 4.34. The Bertz CT molecular complexity index is 25.9. The summed E-state index contributed by atoms with van der Waals surface area (Å²) >= 11 is 0. The molecule has 0 aliphatic carbocycles. The van der Waals surface area contributed by atoms with Gasteiger partial charge in [-0.05, 0) is 0 Å². The maximum Gasteiger partial charge on any atom is -0.197 e. The van der Waals surface area contributed by atoms with Gasteiger partial charge in [0, 0.05) is 0 Å². The van der Waals surface area contributed by atoms with Crippen LogP contribution in [0.4, 0.5) is 0 Å². The van der Waals surface area contributed by atoms with E-state index in [-0.39, 0.29) is 27.0 Å². The minimum absolute atomic E-state index is 0. The first kappa shape index (κ1) is 19.9. The summed E-state index contributed by atoms with van der Waals surface area (Å²) in [7, 11) is 0. The zero-order valence-electron chi connectivity index (χ0n) is 2.34. The van der Waals surface area contributed by atoms with Crippen molar-refractivity contribution in [2.75, 3.05) is 0 Å². The van der Waals surface area contributed by atoms with Crippen LogP contribution in [0.5, 0.6) is 0 Å². The van der Waals surface area contributed by atoms with Gasteiger partial charge in [-0.15, -0.1) is 0 Å². The van der Waals surface area contributed by atoms with Gasteiger partial charge in [0.2, 0.25) is 0 Å². The predicted octanol–water partition coefficient (Wildman–Crippen LogP) is 1.09. The highest BCUT2D eigenvalue weighted by Crippen LogP contribution is 1.29. The first-order valence-electron chi connectivity index (χ1n) is 0.400. The average molecular weight is 110 g/mol. The zero-order chi connectivity index (χ0) is 2.71. The van der Waals surface area contributed by atoms with Gasteiger partial charge < -0.3 is 11.1 Å². The van der Waals surface area contributed by atoms with Gasteiger partial charge in [-0.25, -0.2) is 0 Å². The van der Waals surface area contributed by atoms with E-state index < -0.39 is 0 Å². The summed E-state index contributed by atoms with van der Waals surface area (Å²) in [6, 6.07) is 0. The van der Waals surface area contributed by atoms with Crippen molar-refractivity contribution in [1.29, 1.82) is 0 Å². The Kier molecular flexibility index (Phi) is 142. The van der Waals surface area contributed by atoms with E-state index in [0.29, 0.717) is 0 Å². The summed E-state index contributed by atoms with van der Waals surface area (Å²) in [5.41, 5.74) is 13.5. The molecule has 0 unspecified atom stereocenters. The predicted molar refractivity (Wildman–Crippen MR) is 30.8 cm³/mol. The molecular weight excluding hydrogens is 106 g/mol. The van der Waals surface area contributed by atoms with E-state index >= 15 is 0 Å². The molecule has 0 aromatic rings. The maximum absolute atomic E-state index is 6.75. The average Bonchev–Trinajstić information content (AvgIpc) is 0.918. The lowest BCUT2D eigenvalue weighted by Crippen LogP contribution is -0.711. The fourth-order valence-electron chi connectivity index (χ4n) is 0. The first-order chi connectivity index (χ1) is 1.41. The number of nitrogens with zero attached hydrogens (tertiary/aromatic N) is 3. The van der Waals surface area contributed by atoms with Crippen LogP contribution in [0, 0.1) is 0 Å². The molecule has 0 spiro atoms. The summed E-state index contributed by atoms with van der Waals surface area (Å²) in [6.45, 7) is 0. The Morgan fingerprint density at radius 3 is 1.00 bits per heavy atom. The van der Waals surface area contributed by atoms with Crippen molar-refractivity contribution in [3.63, 3.8) is 0 Å². The molecule has 0 rings (SSSR count). The van der Waals surface area contributed by atoms with Crippen molar-refractivity contribution >= 4 is 27.0 Å². The molecule has 0 amide bonds. The highest BCUT2D eigenvalue weighted by molar-refractivity contribution is 7.59. The Balaban J connectivity index is -0.0000000200. The molecule has 0 aromatic carbocycles. The Morgan fingerprint density at radius 2 is 1.00 bits per heavy atom. The van der Waals surface area contributed by atoms with Gasteiger partial charge in [0.15, 0.2) is 0 Å². The van der Waals surface area contributed by atoms with Crippen molar-refractivity contribution in [3.05, 3.63) is 16.0 Å². The fourth-order valence-corrected chi connectivity index (χ4v) is 0. The molecular formula is H4N3S2-. The summed E-state index contributed by atoms with van der Waals surface area (Å²) < 4.78 is 0. The van der Waals surface area contributed by atoms with Gasteiger partial charge in [0.25, 0.3) is 0 Å². The standard InChI is InChI=1S/N3.2H2S/c1-3-2;;/h;2*1H2/q-1;;. The smallest absolute Gasteiger partial charge is 0.197 e. The van der Waals surface area contributed by atoms with Crippen LogP contribution < -0.4 is 0 Å². The summed E-state index contributed by atoms with van der Waals surface area (Å²) in [5.74, 6) is 0. The molecule has 0 aliphatic rings. The van der Waals surface area contributed by atoms with E-state index in [0.717, 1.165) is 0 Å². The van der Waals surface area contributed by atoms with E-state index in [1.54, 1.807) is 0 Å². The van der Waals surface area contributed by atoms with Crippen molar-refractivity contribution in [1.82, 2.24) is 0 Å². The molecule has 5 heteroatoms. The van der Waals surface area contributed by atoms with Crippen LogP contribution in [-0.2, 0) is 0 Å². The van der Waals surface area contributed by atoms with Gasteiger partial charge in [0.05, 0.1) is 0 Å². The number of hydrogen-bond donors (Lipinski definition) is 0. The van der Waals surface area contributed by atoms with Crippen LogP contribution in [0.2, 0.25) is 0 Å². The lowest BCUT2D eigenvalue weighted by molar-refractivity contribution is 2.36. The second-order valence-corrected chi connectivity index (χ2v) is 0.0894. The third-order valence-electron chi connectivity index (χ3n) is 0.